The molecule has 0 radical (unpaired) electrons. The fourth-order valence-corrected chi connectivity index (χ4v) is 4.59. The molecule has 18 heavy (non-hydrogen) atoms. The first kappa shape index (κ1) is 13.6. The highest BCUT2D eigenvalue weighted by atomic mass is 35.5. The number of anilines is 1. The fourth-order valence-electron chi connectivity index (χ4n) is 2.44. The first-order valence-electron chi connectivity index (χ1n) is 5.92. The third-order valence-electron chi connectivity index (χ3n) is 3.35. The monoisotopic (exact) mass is 288 g/mol. The van der Waals surface area contributed by atoms with Crippen LogP contribution >= 0.6 is 11.6 Å². The Hall–Kier alpha value is -0.780. The lowest BCUT2D eigenvalue weighted by molar-refractivity contribution is 0.427. The average molecular weight is 289 g/mol. The Balaban J connectivity index is 2.37. The summed E-state index contributed by atoms with van der Waals surface area (Å²) in [5.74, 6) is 0. The minimum Gasteiger partial charge on any atom is -0.398 e. The van der Waals surface area contributed by atoms with Gasteiger partial charge in [0.2, 0.25) is 10.0 Å². The summed E-state index contributed by atoms with van der Waals surface area (Å²) in [6, 6.07) is 4.70. The van der Waals surface area contributed by atoms with E-state index in [-0.39, 0.29) is 21.1 Å². The van der Waals surface area contributed by atoms with E-state index in [1.165, 1.54) is 12.1 Å². The predicted molar refractivity (Wildman–Crippen MR) is 73.1 cm³/mol. The minimum atomic E-state index is -3.67. The van der Waals surface area contributed by atoms with Gasteiger partial charge in [-0.1, -0.05) is 30.5 Å². The quantitative estimate of drug-likeness (QED) is 0.840. The normalized spacial score (nSPS) is 19.0. The van der Waals surface area contributed by atoms with Crippen LogP contribution in [-0.2, 0) is 10.0 Å². The van der Waals surface area contributed by atoms with E-state index in [1.807, 2.05) is 6.92 Å². The van der Waals surface area contributed by atoms with Crippen molar-refractivity contribution >= 4 is 27.3 Å². The molecular formula is C12H17ClN2O2S. The van der Waals surface area contributed by atoms with Gasteiger partial charge in [0.1, 0.15) is 4.90 Å². The average Bonchev–Trinajstić information content (AvgIpc) is 2.62. The summed E-state index contributed by atoms with van der Waals surface area (Å²) in [4.78, 5) is -0.0141. The Morgan fingerprint density at radius 1 is 1.33 bits per heavy atom. The Bertz CT molecular complexity index is 531. The molecule has 6 heteroatoms. The molecular weight excluding hydrogens is 272 g/mol. The van der Waals surface area contributed by atoms with Crippen molar-refractivity contribution in [1.29, 1.82) is 0 Å². The molecule has 0 aliphatic heterocycles. The van der Waals surface area contributed by atoms with Gasteiger partial charge in [-0.3, -0.25) is 0 Å². The van der Waals surface area contributed by atoms with Gasteiger partial charge in [0.05, 0.1) is 10.7 Å². The summed E-state index contributed by atoms with van der Waals surface area (Å²) in [5.41, 5.74) is 5.51. The molecule has 0 unspecified atom stereocenters. The number of hydrogen-bond donors (Lipinski definition) is 2. The molecule has 1 aromatic carbocycles. The second-order valence-corrected chi connectivity index (χ2v) is 7.06. The van der Waals surface area contributed by atoms with Crippen molar-refractivity contribution in [1.82, 2.24) is 4.72 Å². The van der Waals surface area contributed by atoms with E-state index in [0.29, 0.717) is 0 Å². The summed E-state index contributed by atoms with van der Waals surface area (Å²) in [6.45, 7) is 1.92. The zero-order chi connectivity index (χ0) is 13.4. The molecule has 3 N–H and O–H groups in total. The highest BCUT2D eigenvalue weighted by Gasteiger charge is 2.34. The number of nitrogens with two attached hydrogens (primary N) is 1. The van der Waals surface area contributed by atoms with Crippen molar-refractivity contribution in [2.45, 2.75) is 43.0 Å². The topological polar surface area (TPSA) is 72.2 Å². The van der Waals surface area contributed by atoms with E-state index in [1.54, 1.807) is 6.07 Å². The Morgan fingerprint density at radius 3 is 2.50 bits per heavy atom. The fraction of sp³-hybridized carbons (Fsp3) is 0.500. The number of rotatable bonds is 3. The van der Waals surface area contributed by atoms with Crippen LogP contribution in [0, 0.1) is 0 Å². The second kappa shape index (κ2) is 4.72. The standard InChI is InChI=1S/C12H17ClN2O2S/c1-12(7-2-3-8-12)15-18(16,17)11-9(13)5-4-6-10(11)14/h4-6,15H,2-3,7-8,14H2,1H3. The number of nitrogen functional groups attached to an aromatic ring is 1. The lowest BCUT2D eigenvalue weighted by Crippen LogP contribution is -2.43. The molecule has 1 fully saturated rings. The van der Waals surface area contributed by atoms with Gasteiger partial charge in [-0.15, -0.1) is 0 Å². The van der Waals surface area contributed by atoms with Gasteiger partial charge < -0.3 is 5.73 Å². The van der Waals surface area contributed by atoms with Crippen molar-refractivity contribution < 1.29 is 8.42 Å². The molecule has 1 aliphatic carbocycles. The minimum absolute atomic E-state index is 0.0141. The van der Waals surface area contributed by atoms with E-state index in [0.717, 1.165) is 25.7 Å². The molecule has 0 heterocycles. The van der Waals surface area contributed by atoms with E-state index in [9.17, 15) is 8.42 Å². The number of hydrogen-bond acceptors (Lipinski definition) is 3. The maximum absolute atomic E-state index is 12.4. The molecule has 0 bridgehead atoms. The molecule has 2 rings (SSSR count). The molecule has 1 aliphatic rings. The van der Waals surface area contributed by atoms with Gasteiger partial charge in [0, 0.05) is 5.54 Å². The van der Waals surface area contributed by atoms with Gasteiger partial charge >= 0.3 is 0 Å². The summed E-state index contributed by atoms with van der Waals surface area (Å²) in [7, 11) is -3.67. The largest absolute Gasteiger partial charge is 0.398 e. The maximum Gasteiger partial charge on any atom is 0.244 e. The summed E-state index contributed by atoms with van der Waals surface area (Å²) >= 11 is 5.95. The van der Waals surface area contributed by atoms with Crippen LogP contribution in [0.4, 0.5) is 5.69 Å². The molecule has 1 aromatic rings. The molecule has 0 atom stereocenters. The Labute approximate surface area is 113 Å². The number of benzene rings is 1. The lowest BCUT2D eigenvalue weighted by atomic mass is 10.0. The van der Waals surface area contributed by atoms with Gasteiger partial charge in [-0.25, -0.2) is 13.1 Å². The zero-order valence-corrected chi connectivity index (χ0v) is 11.8. The van der Waals surface area contributed by atoms with Crippen molar-refractivity contribution in [3.8, 4) is 0 Å². The molecule has 0 saturated heterocycles. The summed E-state index contributed by atoms with van der Waals surface area (Å²) in [5, 5.41) is 0.157. The number of nitrogens with one attached hydrogen (secondary N) is 1. The highest BCUT2D eigenvalue weighted by molar-refractivity contribution is 7.89. The first-order valence-corrected chi connectivity index (χ1v) is 7.78. The third-order valence-corrected chi connectivity index (χ3v) is 5.54. The van der Waals surface area contributed by atoms with Gasteiger partial charge in [0.15, 0.2) is 0 Å². The lowest BCUT2D eigenvalue weighted by Gasteiger charge is -2.25. The SMILES string of the molecule is CC1(NS(=O)(=O)c2c(N)cccc2Cl)CCCC1. The summed E-state index contributed by atoms with van der Waals surface area (Å²) in [6.07, 6.45) is 3.77. The van der Waals surface area contributed by atoms with E-state index < -0.39 is 10.0 Å². The van der Waals surface area contributed by atoms with Crippen LogP contribution in [0.5, 0.6) is 0 Å². The van der Waals surface area contributed by atoms with Gasteiger partial charge in [0.25, 0.3) is 0 Å². The van der Waals surface area contributed by atoms with Crippen molar-refractivity contribution in [3.05, 3.63) is 23.2 Å². The molecule has 100 valence electrons. The van der Waals surface area contributed by atoms with Gasteiger partial charge in [-0.2, -0.15) is 0 Å². The highest BCUT2D eigenvalue weighted by Crippen LogP contribution is 2.33. The van der Waals surface area contributed by atoms with Crippen LogP contribution in [-0.4, -0.2) is 14.0 Å². The van der Waals surface area contributed by atoms with E-state index >= 15 is 0 Å². The van der Waals surface area contributed by atoms with Crippen LogP contribution in [0.15, 0.2) is 23.1 Å². The molecule has 0 aromatic heterocycles. The number of halogens is 1. The third kappa shape index (κ3) is 2.63. The van der Waals surface area contributed by atoms with E-state index in [2.05, 4.69) is 4.72 Å². The second-order valence-electron chi connectivity index (χ2n) is 5.03. The maximum atomic E-state index is 12.4. The van der Waals surface area contributed by atoms with Crippen molar-refractivity contribution in [3.63, 3.8) is 0 Å². The van der Waals surface area contributed by atoms with Crippen molar-refractivity contribution in [2.75, 3.05) is 5.73 Å². The molecule has 0 amide bonds. The van der Waals surface area contributed by atoms with Crippen molar-refractivity contribution in [2.24, 2.45) is 0 Å². The zero-order valence-electron chi connectivity index (χ0n) is 10.2. The van der Waals surface area contributed by atoms with Crippen LogP contribution < -0.4 is 10.5 Å². The first-order chi connectivity index (χ1) is 8.34. The molecule has 4 nitrogen and oxygen atoms in total. The Kier molecular flexibility index (Phi) is 3.58. The van der Waals surface area contributed by atoms with E-state index in [4.69, 9.17) is 17.3 Å². The summed E-state index contributed by atoms with van der Waals surface area (Å²) < 4.78 is 27.5. The number of sulfonamides is 1. The molecule has 0 spiro atoms. The van der Waals surface area contributed by atoms with Crippen LogP contribution in [0.3, 0.4) is 0 Å². The van der Waals surface area contributed by atoms with Crippen LogP contribution in [0.2, 0.25) is 5.02 Å². The predicted octanol–water partition coefficient (Wildman–Crippen LogP) is 2.53. The Morgan fingerprint density at radius 2 is 1.94 bits per heavy atom. The van der Waals surface area contributed by atoms with Gasteiger partial charge in [-0.05, 0) is 31.9 Å². The molecule has 1 saturated carbocycles. The van der Waals surface area contributed by atoms with Crippen LogP contribution in [0.25, 0.3) is 0 Å². The van der Waals surface area contributed by atoms with Crippen LogP contribution in [0.1, 0.15) is 32.6 Å². The smallest absolute Gasteiger partial charge is 0.244 e.